The van der Waals surface area contributed by atoms with Crippen molar-refractivity contribution in [3.8, 4) is 0 Å². The van der Waals surface area contributed by atoms with E-state index in [1.165, 1.54) is 18.4 Å². The molecular weight excluding hydrogens is 231 g/mol. The molecule has 0 heterocycles. The molecule has 1 aromatic rings. The Labute approximate surface area is 93.8 Å². The summed E-state index contributed by atoms with van der Waals surface area (Å²) < 4.78 is 35.6. The summed E-state index contributed by atoms with van der Waals surface area (Å²) in [5.74, 6) is -0.790. The van der Waals surface area contributed by atoms with E-state index in [0.29, 0.717) is 0 Å². The normalized spacial score (nSPS) is 29.1. The van der Waals surface area contributed by atoms with Gasteiger partial charge in [0.05, 0.1) is 5.25 Å². The molecule has 5 heteroatoms. The lowest BCUT2D eigenvalue weighted by Gasteiger charge is -1.98. The third-order valence-electron chi connectivity index (χ3n) is 3.06. The number of rotatable bonds is 3. The van der Waals surface area contributed by atoms with E-state index in [4.69, 9.17) is 5.11 Å². The summed E-state index contributed by atoms with van der Waals surface area (Å²) in [7, 11) is -3.15. The first-order valence-corrected chi connectivity index (χ1v) is 6.96. The number of sulfone groups is 1. The highest BCUT2D eigenvalue weighted by Crippen LogP contribution is 2.51. The molecule has 1 N–H and O–H groups in total. The number of hydrogen-bond donors (Lipinski definition) is 1. The number of aliphatic hydroxyl groups is 1. The fourth-order valence-corrected chi connectivity index (χ4v) is 3.96. The molecule has 0 spiro atoms. The van der Waals surface area contributed by atoms with Crippen molar-refractivity contribution in [2.75, 3.05) is 12.9 Å². The molecule has 0 bridgehead atoms. The fourth-order valence-electron chi connectivity index (χ4n) is 2.27. The van der Waals surface area contributed by atoms with Gasteiger partial charge in [0.25, 0.3) is 0 Å². The molecular formula is C11H13FO3S. The molecule has 0 aliphatic heterocycles. The number of aliphatic hydroxyl groups excluding tert-OH is 1. The van der Waals surface area contributed by atoms with Gasteiger partial charge < -0.3 is 5.11 Å². The van der Waals surface area contributed by atoms with Gasteiger partial charge in [-0.2, -0.15) is 0 Å². The van der Waals surface area contributed by atoms with Gasteiger partial charge in [0.1, 0.15) is 5.82 Å². The van der Waals surface area contributed by atoms with Gasteiger partial charge in [0, 0.05) is 24.7 Å². The molecule has 1 saturated carbocycles. The summed E-state index contributed by atoms with van der Waals surface area (Å²) >= 11 is 0. The number of halogens is 1. The van der Waals surface area contributed by atoms with Crippen molar-refractivity contribution in [1.82, 2.24) is 0 Å². The first-order chi connectivity index (χ1) is 7.45. The van der Waals surface area contributed by atoms with Crippen LogP contribution in [-0.4, -0.2) is 31.6 Å². The minimum absolute atomic E-state index is 0.153. The van der Waals surface area contributed by atoms with Crippen LogP contribution in [0.5, 0.6) is 0 Å². The third kappa shape index (κ3) is 1.97. The van der Waals surface area contributed by atoms with Gasteiger partial charge >= 0.3 is 0 Å². The molecule has 3 nitrogen and oxygen atoms in total. The zero-order chi connectivity index (χ0) is 11.9. The van der Waals surface area contributed by atoms with Crippen molar-refractivity contribution < 1.29 is 17.9 Å². The molecule has 0 aromatic heterocycles. The highest BCUT2D eigenvalue weighted by Gasteiger charge is 2.56. The maximum Gasteiger partial charge on any atom is 0.151 e. The second-order valence-electron chi connectivity index (χ2n) is 4.22. The Kier molecular flexibility index (Phi) is 2.75. The van der Waals surface area contributed by atoms with Crippen LogP contribution >= 0.6 is 0 Å². The lowest BCUT2D eigenvalue weighted by Crippen LogP contribution is -2.08. The lowest BCUT2D eigenvalue weighted by atomic mass is 10.1. The Morgan fingerprint density at radius 2 is 1.88 bits per heavy atom. The standard InChI is InChI=1S/C11H13FO3S/c1-16(14,15)11-9(6-13)10(11)7-2-4-8(12)5-3-7/h2-5,9-11,13H,6H2,1H3/t9-,10-,11-/m0/s1. The largest absolute Gasteiger partial charge is 0.396 e. The SMILES string of the molecule is CS(=O)(=O)[C@H]1[C@@H](CO)[C@@H]1c1ccc(F)cc1. The molecule has 1 aliphatic rings. The highest BCUT2D eigenvalue weighted by atomic mass is 32.2. The van der Waals surface area contributed by atoms with Crippen molar-refractivity contribution in [2.45, 2.75) is 11.2 Å². The Bertz CT molecular complexity index is 480. The second kappa shape index (κ2) is 3.82. The van der Waals surface area contributed by atoms with Crippen LogP contribution in [-0.2, 0) is 9.84 Å². The molecule has 1 aromatic carbocycles. The average Bonchev–Trinajstić information content (AvgIpc) is 2.92. The van der Waals surface area contributed by atoms with E-state index >= 15 is 0 Å². The van der Waals surface area contributed by atoms with Crippen molar-refractivity contribution in [1.29, 1.82) is 0 Å². The molecule has 1 fully saturated rings. The molecule has 88 valence electrons. The Morgan fingerprint density at radius 1 is 1.31 bits per heavy atom. The van der Waals surface area contributed by atoms with E-state index in [-0.39, 0.29) is 24.3 Å². The summed E-state index contributed by atoms with van der Waals surface area (Å²) in [5.41, 5.74) is 0.774. The molecule has 1 aliphatic carbocycles. The zero-order valence-electron chi connectivity index (χ0n) is 8.80. The van der Waals surface area contributed by atoms with Gasteiger partial charge in [-0.05, 0) is 17.7 Å². The summed E-state index contributed by atoms with van der Waals surface area (Å²) in [4.78, 5) is 0. The second-order valence-corrected chi connectivity index (χ2v) is 6.42. The summed E-state index contributed by atoms with van der Waals surface area (Å²) in [6, 6.07) is 5.77. The molecule has 0 amide bonds. The Morgan fingerprint density at radius 3 is 2.25 bits per heavy atom. The average molecular weight is 244 g/mol. The molecule has 0 radical (unpaired) electrons. The minimum atomic E-state index is -3.15. The minimum Gasteiger partial charge on any atom is -0.396 e. The molecule has 0 unspecified atom stereocenters. The smallest absolute Gasteiger partial charge is 0.151 e. The highest BCUT2D eigenvalue weighted by molar-refractivity contribution is 7.91. The van der Waals surface area contributed by atoms with Crippen molar-refractivity contribution in [3.05, 3.63) is 35.6 Å². The maximum atomic E-state index is 12.7. The van der Waals surface area contributed by atoms with Crippen LogP contribution in [0.2, 0.25) is 0 Å². The van der Waals surface area contributed by atoms with E-state index in [2.05, 4.69) is 0 Å². The quantitative estimate of drug-likeness (QED) is 0.861. The van der Waals surface area contributed by atoms with Crippen LogP contribution < -0.4 is 0 Å². The van der Waals surface area contributed by atoms with E-state index < -0.39 is 15.1 Å². The van der Waals surface area contributed by atoms with Crippen molar-refractivity contribution in [3.63, 3.8) is 0 Å². The van der Waals surface area contributed by atoms with Gasteiger partial charge in [-0.1, -0.05) is 12.1 Å². The van der Waals surface area contributed by atoms with E-state index in [1.807, 2.05) is 0 Å². The predicted octanol–water partition coefficient (Wildman–Crippen LogP) is 0.945. The Hall–Kier alpha value is -0.940. The Balaban J connectivity index is 2.27. The molecule has 16 heavy (non-hydrogen) atoms. The topological polar surface area (TPSA) is 54.4 Å². The van der Waals surface area contributed by atoms with Gasteiger partial charge in [0.15, 0.2) is 9.84 Å². The van der Waals surface area contributed by atoms with E-state index in [0.717, 1.165) is 5.56 Å². The van der Waals surface area contributed by atoms with Gasteiger partial charge in [0.2, 0.25) is 0 Å². The number of benzene rings is 1. The summed E-state index contributed by atoms with van der Waals surface area (Å²) in [6.45, 7) is -0.153. The lowest BCUT2D eigenvalue weighted by molar-refractivity contribution is 0.274. The molecule has 2 rings (SSSR count). The zero-order valence-corrected chi connectivity index (χ0v) is 9.61. The van der Waals surface area contributed by atoms with Gasteiger partial charge in [-0.15, -0.1) is 0 Å². The van der Waals surface area contributed by atoms with E-state index in [9.17, 15) is 12.8 Å². The van der Waals surface area contributed by atoms with Gasteiger partial charge in [-0.25, -0.2) is 12.8 Å². The first kappa shape index (κ1) is 11.5. The van der Waals surface area contributed by atoms with Crippen molar-refractivity contribution >= 4 is 9.84 Å². The van der Waals surface area contributed by atoms with Crippen LogP contribution in [0, 0.1) is 11.7 Å². The third-order valence-corrected chi connectivity index (χ3v) is 4.69. The van der Waals surface area contributed by atoms with Crippen LogP contribution in [0.25, 0.3) is 0 Å². The molecule has 3 atom stereocenters. The monoisotopic (exact) mass is 244 g/mol. The van der Waals surface area contributed by atoms with E-state index in [1.54, 1.807) is 12.1 Å². The predicted molar refractivity (Wildman–Crippen MR) is 58.3 cm³/mol. The fraction of sp³-hybridized carbons (Fsp3) is 0.455. The summed E-state index contributed by atoms with van der Waals surface area (Å²) in [5, 5.41) is 8.56. The van der Waals surface area contributed by atoms with Crippen molar-refractivity contribution in [2.24, 2.45) is 5.92 Å². The van der Waals surface area contributed by atoms with Crippen LogP contribution in [0.3, 0.4) is 0 Å². The molecule has 0 saturated heterocycles. The number of hydrogen-bond acceptors (Lipinski definition) is 3. The van der Waals surface area contributed by atoms with Crippen LogP contribution in [0.15, 0.2) is 24.3 Å². The first-order valence-electron chi connectivity index (χ1n) is 5.00. The maximum absolute atomic E-state index is 12.7. The van der Waals surface area contributed by atoms with Crippen LogP contribution in [0.1, 0.15) is 11.5 Å². The van der Waals surface area contributed by atoms with Crippen LogP contribution in [0.4, 0.5) is 4.39 Å². The van der Waals surface area contributed by atoms with Gasteiger partial charge in [-0.3, -0.25) is 0 Å². The summed E-state index contributed by atoms with van der Waals surface area (Å²) in [6.07, 6.45) is 1.17.